The van der Waals surface area contributed by atoms with Gasteiger partial charge < -0.3 is 94.1 Å². The number of carbonyl (C=O) groups excluding carboxylic acids is 8. The number of likely N-dealkylation sites (tertiary alicyclic amines) is 1. The van der Waals surface area contributed by atoms with Gasteiger partial charge in [0.05, 0.1) is 49.0 Å². The van der Waals surface area contributed by atoms with E-state index in [1.54, 1.807) is 116 Å². The minimum Gasteiger partial charge on any atom is -0.480 e. The molecule has 17 rings (SSSR count). The highest BCUT2D eigenvalue weighted by Crippen LogP contribution is 2.39. The monoisotopic (exact) mass is 2030 g/mol. The van der Waals surface area contributed by atoms with Crippen LogP contribution in [0.2, 0.25) is 20.1 Å². The second-order valence-corrected chi connectivity index (χ2v) is 36.8. The maximum atomic E-state index is 13.1. The molecule has 5 saturated heterocycles. The molecule has 0 saturated carbocycles. The number of halogens is 4. The first-order valence-corrected chi connectivity index (χ1v) is 51.5. The van der Waals surface area contributed by atoms with E-state index in [9.17, 15) is 38.4 Å². The molecule has 770 valence electrons. The minimum absolute atomic E-state index is 0.0285. The van der Waals surface area contributed by atoms with Crippen molar-refractivity contribution < 1.29 is 57.3 Å². The summed E-state index contributed by atoms with van der Waals surface area (Å²) in [5, 5.41) is 15.0. The van der Waals surface area contributed by atoms with Crippen molar-refractivity contribution in [1.29, 1.82) is 0 Å². The fourth-order valence-electron chi connectivity index (χ4n) is 17.3. The summed E-state index contributed by atoms with van der Waals surface area (Å²) in [6, 6.07) is -0.536. The van der Waals surface area contributed by atoms with Crippen LogP contribution >= 0.6 is 46.4 Å². The first-order valence-electron chi connectivity index (χ1n) is 50.0. The van der Waals surface area contributed by atoms with E-state index in [-0.39, 0.29) is 144 Å². The molecular formula is C103H143Cl4N23O12. The van der Waals surface area contributed by atoms with Gasteiger partial charge in [-0.1, -0.05) is 171 Å². The number of Topliss-reactive ketones (excluding diaryl/α,β-unsaturated/α-hetero) is 3. The number of fused-ring (bicyclic) bond motifs is 4. The fraction of sp³-hybridized carbons (Fsp3) is 0.534. The van der Waals surface area contributed by atoms with Crippen LogP contribution in [0.15, 0.2) is 168 Å². The number of carbonyl (C=O) groups is 8. The summed E-state index contributed by atoms with van der Waals surface area (Å²) in [6.45, 7) is 36.6. The van der Waals surface area contributed by atoms with Crippen molar-refractivity contribution in [1.82, 2.24) is 74.2 Å². The van der Waals surface area contributed by atoms with Gasteiger partial charge in [-0.05, 0) is 115 Å². The molecule has 35 nitrogen and oxygen atoms in total. The third kappa shape index (κ3) is 29.3. The van der Waals surface area contributed by atoms with Gasteiger partial charge in [0.15, 0.2) is 69.8 Å². The molecule has 142 heavy (non-hydrogen) atoms. The number of hydrogen-bond donors (Lipinski definition) is 4. The number of likely N-dealkylation sites (N-methyl/N-ethyl adjacent to an activating group) is 6. The molecule has 9 atom stereocenters. The van der Waals surface area contributed by atoms with E-state index in [2.05, 4.69) is 105 Å². The molecule has 5 fully saturated rings. The van der Waals surface area contributed by atoms with Crippen molar-refractivity contribution in [3.05, 3.63) is 188 Å². The van der Waals surface area contributed by atoms with Crippen LogP contribution in [-0.2, 0) is 57.3 Å². The molecule has 13 heterocycles. The van der Waals surface area contributed by atoms with Gasteiger partial charge in [0.25, 0.3) is 29.5 Å². The van der Waals surface area contributed by atoms with Crippen LogP contribution in [0.25, 0.3) is 0 Å². The maximum absolute atomic E-state index is 13.1. The Morgan fingerprint density at radius 1 is 0.366 bits per heavy atom. The molecule has 4 aromatic rings. The van der Waals surface area contributed by atoms with Crippen LogP contribution in [0.1, 0.15) is 154 Å². The SMILES string of the molecule is CC.CC.CC.CC.CCC(=O)COC1=CC2C=C(Nc3nc(N4CCCCC4)ncc3Cl)C=CC2N(C)C1=O.CCC(=O)COC1=CC2C=C(Nc3nc(N4CCN(C)CC4)ncc3Cl)C=CC2N(C(C)C)C1=O.CCC(=O)COC1=CC2C=C(Nc3nc(N4CCN(C)CC4)ncc3Cl)C=CC2N(C)C1=O.CN1CCC(OC2=CC3C=C(Nc4nc(N5CCCCC5)ncc4Cl)C=CC3N(C)C2=O)C1=O. The number of ketones is 3. The van der Waals surface area contributed by atoms with E-state index in [0.717, 1.165) is 127 Å². The number of allylic oxidation sites excluding steroid dienone is 4. The zero-order valence-corrected chi connectivity index (χ0v) is 88.6. The number of anilines is 8. The normalized spacial score (nSPS) is 22.7. The first-order chi connectivity index (χ1) is 68.5. The highest BCUT2D eigenvalue weighted by molar-refractivity contribution is 6.34. The van der Waals surface area contributed by atoms with Crippen LogP contribution in [0.5, 0.6) is 0 Å². The smallest absolute Gasteiger partial charge is 0.289 e. The molecule has 4 aliphatic carbocycles. The molecule has 4 aromatic heterocycles. The third-order valence-electron chi connectivity index (χ3n) is 25.4. The Kier molecular flexibility index (Phi) is 43.2. The number of piperidine rings is 2. The molecule has 9 aliphatic heterocycles. The van der Waals surface area contributed by atoms with Gasteiger partial charge in [-0.3, -0.25) is 38.4 Å². The van der Waals surface area contributed by atoms with Crippen LogP contribution in [0.4, 0.5) is 47.1 Å². The lowest BCUT2D eigenvalue weighted by atomic mass is 9.87. The Hall–Kier alpha value is -11.8. The van der Waals surface area contributed by atoms with Crippen LogP contribution in [-0.4, -0.2) is 305 Å². The number of amides is 5. The first kappa shape index (κ1) is 112. The topological polar surface area (TPSA) is 360 Å². The molecule has 5 amide bonds. The van der Waals surface area contributed by atoms with Gasteiger partial charge in [0.1, 0.15) is 39.9 Å². The predicted molar refractivity (Wildman–Crippen MR) is 561 cm³/mol. The summed E-state index contributed by atoms with van der Waals surface area (Å²) < 4.78 is 22.6. The Morgan fingerprint density at radius 3 is 0.930 bits per heavy atom. The lowest BCUT2D eigenvalue weighted by molar-refractivity contribution is -0.140. The van der Waals surface area contributed by atoms with Crippen LogP contribution < -0.4 is 40.9 Å². The minimum atomic E-state index is -0.612. The number of nitrogens with one attached hydrogen (secondary N) is 4. The Morgan fingerprint density at radius 2 is 0.641 bits per heavy atom. The highest BCUT2D eigenvalue weighted by atomic mass is 35.5. The number of ether oxygens (including phenoxy) is 4. The second-order valence-electron chi connectivity index (χ2n) is 35.2. The number of aromatic nitrogens is 8. The highest BCUT2D eigenvalue weighted by Gasteiger charge is 2.43. The van der Waals surface area contributed by atoms with E-state index < -0.39 is 6.10 Å². The maximum Gasteiger partial charge on any atom is 0.289 e. The summed E-state index contributed by atoms with van der Waals surface area (Å²) >= 11 is 25.6. The Balaban J connectivity index is 0.000000190. The summed E-state index contributed by atoms with van der Waals surface area (Å²) in [5.74, 6) is 4.08. The van der Waals surface area contributed by atoms with Gasteiger partial charge in [-0.15, -0.1) is 0 Å². The van der Waals surface area contributed by atoms with E-state index in [1.165, 1.54) is 12.8 Å². The molecule has 9 unspecified atom stereocenters. The zero-order valence-electron chi connectivity index (χ0n) is 85.6. The van der Waals surface area contributed by atoms with Crippen molar-refractivity contribution in [3.8, 4) is 0 Å². The molecule has 0 spiro atoms. The van der Waals surface area contributed by atoms with Crippen molar-refractivity contribution in [2.75, 3.05) is 188 Å². The van der Waals surface area contributed by atoms with Gasteiger partial charge >= 0.3 is 0 Å². The molecule has 13 aliphatic rings. The van der Waals surface area contributed by atoms with E-state index in [1.807, 2.05) is 148 Å². The molecule has 39 heteroatoms. The molecule has 0 aromatic carbocycles. The average molecular weight is 2040 g/mol. The number of piperazine rings is 2. The van der Waals surface area contributed by atoms with E-state index in [0.29, 0.717) is 99.4 Å². The van der Waals surface area contributed by atoms with Crippen molar-refractivity contribution in [2.24, 2.45) is 23.7 Å². The lowest BCUT2D eigenvalue weighted by Gasteiger charge is -2.41. The van der Waals surface area contributed by atoms with Crippen LogP contribution in [0.3, 0.4) is 0 Å². The van der Waals surface area contributed by atoms with Gasteiger partial charge in [0.2, 0.25) is 23.8 Å². The number of rotatable bonds is 27. The lowest BCUT2D eigenvalue weighted by Crippen LogP contribution is -2.51. The summed E-state index contributed by atoms with van der Waals surface area (Å²) in [5.41, 5.74) is 3.26. The summed E-state index contributed by atoms with van der Waals surface area (Å²) in [4.78, 5) is 156. The molecule has 0 bridgehead atoms. The predicted octanol–water partition coefficient (Wildman–Crippen LogP) is 14.9. The van der Waals surface area contributed by atoms with Crippen molar-refractivity contribution in [2.45, 2.75) is 191 Å². The Labute approximate surface area is 856 Å². The standard InChI is InChI=1S/C25H33ClN6O3.C24H29ClN6O3.C23H29ClN6O3.C23H28ClN5O3.4C2H6/c1-5-19(33)15-35-22-13-17-12-18(6-7-21(17)32(16(2)3)24(22)34)28-23-20(26)14-27-25(29-23)31-10-8-30(4)9-11-31;1-29-11-8-19(22(29)32)34-20-13-15-12-16(6-7-18(15)30(2)23(20)33)27-21-17(25)14-26-24(28-21)31-9-4-3-5-10-31;1-4-17(31)14-33-20-12-15-11-16(5-6-19(15)29(3)22(20)32)26-21-18(24)13-25-23(27-21)30-9-7-28(2)8-10-30;1-3-17(30)14-32-20-12-15-11-16(7-8-19(15)28(2)22(20)31)26-21-18(24)13-25-23(27-21)29-9-5-4-6-10-29;4*1-2/h6-7,12-14,16-17,21H,5,8-11,15H2,1-4H3,(H,27,28,29);6-7,12-15,18-19H,3-5,8-11H2,1-2H3,(H,26,27,28);5-6,11-13,15,19H,4,7-10,14H2,1-3H3,(H,25,26,27);7-8,11-13,15,19H,3-6,9-10,14H2,1-2H3,(H,25,26,27);4*1-2H3. The quantitative estimate of drug-likeness (QED) is 0.0431. The van der Waals surface area contributed by atoms with E-state index >= 15 is 0 Å². The van der Waals surface area contributed by atoms with Crippen molar-refractivity contribution in [3.63, 3.8) is 0 Å². The summed E-state index contributed by atoms with van der Waals surface area (Å²) in [7, 11) is 11.2. The average Bonchev–Trinajstić information content (AvgIpc) is 1.19. The largest absolute Gasteiger partial charge is 0.480 e. The number of hydrogen-bond acceptors (Lipinski definition) is 30. The van der Waals surface area contributed by atoms with Gasteiger partial charge in [0, 0.05) is 191 Å². The molecular weight excluding hydrogens is 1890 g/mol. The van der Waals surface area contributed by atoms with Gasteiger partial charge in [-0.25, -0.2) is 19.9 Å². The zero-order chi connectivity index (χ0) is 103. The molecule has 4 N–H and O–H groups in total. The molecule has 0 radical (unpaired) electrons. The number of nitrogens with zero attached hydrogens (tertiary/aromatic N) is 19. The Bertz CT molecular complexity index is 5460. The third-order valence-corrected chi connectivity index (χ3v) is 26.5. The van der Waals surface area contributed by atoms with Gasteiger partial charge in [-0.2, -0.15) is 19.9 Å². The van der Waals surface area contributed by atoms with Crippen LogP contribution in [0, 0.1) is 23.7 Å². The second kappa shape index (κ2) is 54.6. The fourth-order valence-corrected chi connectivity index (χ4v) is 17.8. The van der Waals surface area contributed by atoms with E-state index in [4.69, 9.17) is 65.4 Å². The van der Waals surface area contributed by atoms with Crippen molar-refractivity contribution >= 4 is 140 Å². The summed E-state index contributed by atoms with van der Waals surface area (Å²) in [6.07, 6.45) is 45.5.